The molecule has 62 valence electrons. The van der Waals surface area contributed by atoms with Crippen molar-refractivity contribution < 1.29 is 22.3 Å². The average molecular weight is 186 g/mol. The standard InChI is InChI=1S/C3H10O5SSi/c1-3-6-10(5)8-7-9(2)4/h5,10H,3H2,1-2H3. The van der Waals surface area contributed by atoms with Gasteiger partial charge in [-0.2, -0.15) is 0 Å². The van der Waals surface area contributed by atoms with Crippen LogP contribution in [0, 0.1) is 0 Å². The van der Waals surface area contributed by atoms with Crippen molar-refractivity contribution in [1.82, 2.24) is 0 Å². The normalized spacial score (nSPS) is 16.7. The Morgan fingerprint density at radius 2 is 2.30 bits per heavy atom. The molecule has 0 aliphatic heterocycles. The van der Waals surface area contributed by atoms with E-state index in [2.05, 4.69) is 13.3 Å². The van der Waals surface area contributed by atoms with Crippen molar-refractivity contribution in [2.45, 2.75) is 6.92 Å². The summed E-state index contributed by atoms with van der Waals surface area (Å²) >= 11 is -1.52. The van der Waals surface area contributed by atoms with Gasteiger partial charge in [-0.05, 0) is 6.92 Å². The Bertz CT molecular complexity index is 109. The van der Waals surface area contributed by atoms with E-state index in [-0.39, 0.29) is 0 Å². The second kappa shape index (κ2) is 5.95. The Balaban J connectivity index is 3.21. The van der Waals surface area contributed by atoms with Crippen molar-refractivity contribution in [3.05, 3.63) is 0 Å². The Hall–Kier alpha value is 0.207. The van der Waals surface area contributed by atoms with Crippen LogP contribution in [0.1, 0.15) is 6.92 Å². The Morgan fingerprint density at radius 1 is 1.70 bits per heavy atom. The van der Waals surface area contributed by atoms with Crippen LogP contribution < -0.4 is 0 Å². The van der Waals surface area contributed by atoms with Gasteiger partial charge < -0.3 is 9.22 Å². The van der Waals surface area contributed by atoms with Crippen molar-refractivity contribution in [3.8, 4) is 0 Å². The van der Waals surface area contributed by atoms with E-state index in [0.717, 1.165) is 0 Å². The average Bonchev–Trinajstić information content (AvgIpc) is 1.85. The lowest BCUT2D eigenvalue weighted by molar-refractivity contribution is -0.131. The molecule has 2 atom stereocenters. The van der Waals surface area contributed by atoms with E-state index in [0.29, 0.717) is 6.61 Å². The fourth-order valence-corrected chi connectivity index (χ4v) is 1.31. The summed E-state index contributed by atoms with van der Waals surface area (Å²) in [5.74, 6) is 0. The Kier molecular flexibility index (Phi) is 6.08. The zero-order chi connectivity index (χ0) is 7.98. The lowest BCUT2D eigenvalue weighted by Gasteiger charge is -2.04. The van der Waals surface area contributed by atoms with Crippen LogP contribution in [0.2, 0.25) is 0 Å². The lowest BCUT2D eigenvalue weighted by Crippen LogP contribution is -2.22. The summed E-state index contributed by atoms with van der Waals surface area (Å²) in [5.41, 5.74) is 0. The van der Waals surface area contributed by atoms with Crippen LogP contribution in [0.5, 0.6) is 0 Å². The van der Waals surface area contributed by atoms with Gasteiger partial charge in [-0.15, -0.1) is 4.33 Å². The molecule has 0 aliphatic rings. The second-order valence-corrected chi connectivity index (χ2v) is 3.41. The lowest BCUT2D eigenvalue weighted by atomic mass is 10.9. The topological polar surface area (TPSA) is 65.0 Å². The molecule has 1 N–H and O–H groups in total. The maximum atomic E-state index is 10.2. The summed E-state index contributed by atoms with van der Waals surface area (Å²) < 4.78 is 23.1. The maximum absolute atomic E-state index is 10.2. The van der Waals surface area contributed by atoms with E-state index in [1.165, 1.54) is 6.26 Å². The Morgan fingerprint density at radius 3 is 2.70 bits per heavy atom. The molecule has 0 aromatic rings. The van der Waals surface area contributed by atoms with Gasteiger partial charge in [0.05, 0.1) is 0 Å². The highest BCUT2D eigenvalue weighted by Crippen LogP contribution is 1.87. The first-order valence-electron chi connectivity index (χ1n) is 2.63. The van der Waals surface area contributed by atoms with E-state index in [9.17, 15) is 4.21 Å². The van der Waals surface area contributed by atoms with Gasteiger partial charge in [0.2, 0.25) is 0 Å². The molecule has 0 radical (unpaired) electrons. The first-order chi connectivity index (χ1) is 4.66. The van der Waals surface area contributed by atoms with Crippen LogP contribution >= 0.6 is 0 Å². The molecule has 7 heteroatoms. The molecule has 10 heavy (non-hydrogen) atoms. The van der Waals surface area contributed by atoms with Gasteiger partial charge in [0.1, 0.15) is 0 Å². The molecule has 0 amide bonds. The van der Waals surface area contributed by atoms with Gasteiger partial charge in [-0.25, -0.2) is 8.79 Å². The van der Waals surface area contributed by atoms with Gasteiger partial charge in [0.25, 0.3) is 0 Å². The molecule has 0 saturated heterocycles. The fraction of sp³-hybridized carbons (Fsp3) is 1.00. The van der Waals surface area contributed by atoms with Crippen molar-refractivity contribution in [1.29, 1.82) is 0 Å². The van der Waals surface area contributed by atoms with Crippen LogP contribution in [-0.4, -0.2) is 31.4 Å². The minimum absolute atomic E-state index is 0.354. The van der Waals surface area contributed by atoms with Gasteiger partial charge in [-0.3, -0.25) is 0 Å². The highest BCUT2D eigenvalue weighted by atomic mass is 32.2. The van der Waals surface area contributed by atoms with E-state index in [4.69, 9.17) is 4.80 Å². The molecule has 0 fully saturated rings. The van der Waals surface area contributed by atoms with Crippen molar-refractivity contribution >= 4 is 20.6 Å². The highest BCUT2D eigenvalue weighted by molar-refractivity contribution is 7.79. The largest absolute Gasteiger partial charge is 0.513 e. The summed E-state index contributed by atoms with van der Waals surface area (Å²) in [7, 11) is -2.67. The zero-order valence-electron chi connectivity index (χ0n) is 5.77. The molecule has 0 spiro atoms. The monoisotopic (exact) mass is 186 g/mol. The molecule has 0 heterocycles. The smallest absolute Gasteiger partial charge is 0.391 e. The predicted octanol–water partition coefficient (Wildman–Crippen LogP) is -1.03. The summed E-state index contributed by atoms with van der Waals surface area (Å²) in [5, 5.41) is 0. The molecule has 0 aliphatic carbocycles. The van der Waals surface area contributed by atoms with Gasteiger partial charge in [-0.1, -0.05) is 0 Å². The van der Waals surface area contributed by atoms with E-state index in [1.807, 2.05) is 0 Å². The number of hydrogen-bond donors (Lipinski definition) is 1. The van der Waals surface area contributed by atoms with Crippen LogP contribution in [0.3, 0.4) is 0 Å². The van der Waals surface area contributed by atoms with Crippen molar-refractivity contribution in [2.24, 2.45) is 0 Å². The van der Waals surface area contributed by atoms with Crippen LogP contribution in [-0.2, 0) is 24.4 Å². The van der Waals surface area contributed by atoms with Crippen LogP contribution in [0.4, 0.5) is 0 Å². The maximum Gasteiger partial charge on any atom is 0.513 e. The predicted molar refractivity (Wildman–Crippen MR) is 37.2 cm³/mol. The van der Waals surface area contributed by atoms with E-state index >= 15 is 0 Å². The van der Waals surface area contributed by atoms with Gasteiger partial charge in [0, 0.05) is 12.9 Å². The van der Waals surface area contributed by atoms with E-state index in [1.54, 1.807) is 6.92 Å². The van der Waals surface area contributed by atoms with Crippen LogP contribution in [0.25, 0.3) is 0 Å². The zero-order valence-corrected chi connectivity index (χ0v) is 7.74. The minimum atomic E-state index is -2.67. The third kappa shape index (κ3) is 6.33. The molecule has 0 rings (SSSR count). The molecular weight excluding hydrogens is 176 g/mol. The second-order valence-electron chi connectivity index (χ2n) is 1.33. The van der Waals surface area contributed by atoms with Crippen molar-refractivity contribution in [3.63, 3.8) is 0 Å². The molecular formula is C3H10O5SSi. The third-order valence-corrected chi connectivity index (χ3v) is 1.82. The quantitative estimate of drug-likeness (QED) is 0.338. The SMILES string of the molecule is CCO[SiH](O)OOS(C)=O. The molecule has 0 aromatic heterocycles. The molecule has 2 unspecified atom stereocenters. The summed E-state index contributed by atoms with van der Waals surface area (Å²) in [6.07, 6.45) is 1.28. The molecule has 0 aromatic carbocycles. The number of rotatable bonds is 5. The highest BCUT2D eigenvalue weighted by Gasteiger charge is 2.10. The Labute approximate surface area is 63.5 Å². The fourth-order valence-electron chi connectivity index (χ4n) is 0.259. The van der Waals surface area contributed by atoms with E-state index < -0.39 is 20.6 Å². The van der Waals surface area contributed by atoms with Gasteiger partial charge in [0.15, 0.2) is 11.1 Å². The van der Waals surface area contributed by atoms with Crippen LogP contribution in [0.15, 0.2) is 0 Å². The molecule has 0 saturated carbocycles. The summed E-state index contributed by atoms with van der Waals surface area (Å²) in [6, 6.07) is 0. The third-order valence-electron chi connectivity index (χ3n) is 0.527. The molecule has 5 nitrogen and oxygen atoms in total. The number of hydrogen-bond acceptors (Lipinski definition) is 5. The minimum Gasteiger partial charge on any atom is -0.391 e. The first-order valence-corrected chi connectivity index (χ1v) is 5.58. The summed E-state index contributed by atoms with van der Waals surface area (Å²) in [4.78, 5) is 8.73. The first kappa shape index (κ1) is 10.2. The van der Waals surface area contributed by atoms with Gasteiger partial charge >= 0.3 is 9.53 Å². The molecule has 0 bridgehead atoms. The van der Waals surface area contributed by atoms with Crippen molar-refractivity contribution in [2.75, 3.05) is 12.9 Å². The summed E-state index contributed by atoms with van der Waals surface area (Å²) in [6.45, 7) is 2.07.